The zero-order chi connectivity index (χ0) is 34.7. The van der Waals surface area contributed by atoms with E-state index in [0.717, 1.165) is 17.5 Å². The lowest BCUT2D eigenvalue weighted by molar-refractivity contribution is 0.0635. The topological polar surface area (TPSA) is 125 Å². The number of urea groups is 1. The molecule has 2 unspecified atom stereocenters. The number of nitrogens with one attached hydrogen (secondary N) is 3. The molecule has 0 aliphatic carbocycles. The van der Waals surface area contributed by atoms with Gasteiger partial charge in [-0.25, -0.2) is 9.59 Å². The number of hydrogen-bond donors (Lipinski definition) is 3. The van der Waals surface area contributed by atoms with Gasteiger partial charge in [0, 0.05) is 42.3 Å². The molecule has 253 valence electrons. The number of carbonyl (C=O) groups is 3. The van der Waals surface area contributed by atoms with Gasteiger partial charge in [0.25, 0.3) is 5.91 Å². The van der Waals surface area contributed by atoms with Crippen molar-refractivity contribution >= 4 is 56.9 Å². The molecule has 0 spiro atoms. The summed E-state index contributed by atoms with van der Waals surface area (Å²) in [5.41, 5.74) is 2.89. The highest BCUT2D eigenvalue weighted by Crippen LogP contribution is 2.29. The van der Waals surface area contributed by atoms with Gasteiger partial charge in [0.15, 0.2) is 0 Å². The van der Waals surface area contributed by atoms with E-state index in [0.29, 0.717) is 48.5 Å². The van der Waals surface area contributed by atoms with Crippen LogP contribution in [0.5, 0.6) is 0 Å². The van der Waals surface area contributed by atoms with Gasteiger partial charge < -0.3 is 29.6 Å². The fraction of sp³-hybridized carbons (Fsp3) is 0.471. The second-order valence-electron chi connectivity index (χ2n) is 13.2. The molecule has 0 fully saturated rings. The number of hydrogen-bond acceptors (Lipinski definition) is 8. The number of benzene rings is 1. The first-order chi connectivity index (χ1) is 22.1. The second-order valence-corrected chi connectivity index (χ2v) is 14.2. The van der Waals surface area contributed by atoms with E-state index in [4.69, 9.17) is 9.16 Å². The third-order valence-electron chi connectivity index (χ3n) is 7.48. The number of nitrogens with zero attached hydrogens (tertiary/aromatic N) is 3. The number of rotatable bonds is 14. The highest BCUT2D eigenvalue weighted by Gasteiger charge is 2.21. The summed E-state index contributed by atoms with van der Waals surface area (Å²) in [5, 5.41) is 11.9. The molecule has 2 aromatic heterocycles. The van der Waals surface area contributed by atoms with E-state index in [2.05, 4.69) is 52.2 Å². The van der Waals surface area contributed by atoms with Crippen LogP contribution in [0.3, 0.4) is 0 Å². The van der Waals surface area contributed by atoms with E-state index in [1.807, 2.05) is 43.3 Å². The van der Waals surface area contributed by atoms with Crippen LogP contribution in [0.4, 0.5) is 26.7 Å². The maximum atomic E-state index is 13.4. The Labute approximate surface area is 286 Å². The summed E-state index contributed by atoms with van der Waals surface area (Å²) in [6.45, 7) is 13.4. The van der Waals surface area contributed by atoms with Gasteiger partial charge in [0.05, 0.1) is 17.5 Å². The van der Waals surface area contributed by atoms with Crippen LogP contribution in [0.25, 0.3) is 0 Å². The number of aromatic nitrogens is 1. The fourth-order valence-corrected chi connectivity index (χ4v) is 5.33. The van der Waals surface area contributed by atoms with Crippen molar-refractivity contribution in [3.05, 3.63) is 70.2 Å². The third kappa shape index (κ3) is 12.4. The molecule has 2 atom stereocenters. The number of anilines is 3. The van der Waals surface area contributed by atoms with Crippen LogP contribution < -0.4 is 16.0 Å². The van der Waals surface area contributed by atoms with Crippen LogP contribution in [0.15, 0.2) is 53.4 Å². The smallest absolute Gasteiger partial charge is 0.412 e. The number of amides is 4. The Hall–Kier alpha value is -3.78. The van der Waals surface area contributed by atoms with Crippen LogP contribution in [-0.4, -0.2) is 76.1 Å². The van der Waals surface area contributed by atoms with E-state index in [-0.39, 0.29) is 17.8 Å². The molecular weight excluding hydrogens is 633 g/mol. The van der Waals surface area contributed by atoms with Crippen molar-refractivity contribution in [2.75, 3.05) is 43.1 Å². The minimum atomic E-state index is -0.651. The van der Waals surface area contributed by atoms with Crippen LogP contribution in [0, 0.1) is 11.8 Å². The SMILES string of the molecule is CC(C)C(C)CC(O[Si])c1ccc(NC(=O)N(CCN(C)C)Cc2ccc(C(=O)Nc3cscc3NC(=O)OC(C)(C)C)nc2)cc1. The van der Waals surface area contributed by atoms with Crippen LogP contribution in [0.2, 0.25) is 0 Å². The van der Waals surface area contributed by atoms with Crippen molar-refractivity contribution in [1.82, 2.24) is 14.8 Å². The Morgan fingerprint density at radius 1 is 0.936 bits per heavy atom. The van der Waals surface area contributed by atoms with E-state index >= 15 is 0 Å². The van der Waals surface area contributed by atoms with Gasteiger partial charge in [-0.2, -0.15) is 0 Å². The van der Waals surface area contributed by atoms with Gasteiger partial charge >= 0.3 is 12.1 Å². The molecule has 3 rings (SSSR count). The first kappa shape index (κ1) is 37.7. The van der Waals surface area contributed by atoms with Gasteiger partial charge in [-0.1, -0.05) is 39.0 Å². The molecule has 0 saturated heterocycles. The molecule has 3 N–H and O–H groups in total. The molecule has 13 heteroatoms. The fourth-order valence-electron chi connectivity index (χ4n) is 4.38. The summed E-state index contributed by atoms with van der Waals surface area (Å²) in [5.74, 6) is 0.601. The maximum absolute atomic E-state index is 13.4. The predicted molar refractivity (Wildman–Crippen MR) is 189 cm³/mol. The maximum Gasteiger partial charge on any atom is 0.412 e. The quantitative estimate of drug-likeness (QED) is 0.154. The van der Waals surface area contributed by atoms with Crippen molar-refractivity contribution < 1.29 is 23.5 Å². The molecular formula is C34H47N6O5SSi. The standard InChI is InChI=1S/C34H47N6O5SSi/c1-22(2)23(3)17-30(45-47)25-10-12-26(13-11-25)36-32(42)40(16-15-39(7)8)19-24-9-14-27(35-18-24)31(41)37-28-20-46-21-29(28)38-33(43)44-34(4,5)6/h9-14,18,20-23,30H,15-17,19H2,1-8H3,(H,36,42)(H,37,41)(H,38,43). The zero-order valence-corrected chi connectivity index (χ0v) is 30.4. The third-order valence-corrected chi connectivity index (χ3v) is 8.51. The zero-order valence-electron chi connectivity index (χ0n) is 28.5. The Balaban J connectivity index is 1.64. The van der Waals surface area contributed by atoms with Crippen LogP contribution >= 0.6 is 11.3 Å². The van der Waals surface area contributed by atoms with Gasteiger partial charge in [-0.05, 0) is 82.4 Å². The van der Waals surface area contributed by atoms with E-state index in [1.165, 1.54) is 11.3 Å². The average Bonchev–Trinajstić information content (AvgIpc) is 3.43. The second kappa shape index (κ2) is 17.4. The minimum absolute atomic E-state index is 0.0934. The first-order valence-corrected chi connectivity index (χ1v) is 17.0. The minimum Gasteiger partial charge on any atom is -0.444 e. The molecule has 47 heavy (non-hydrogen) atoms. The predicted octanol–water partition coefficient (Wildman–Crippen LogP) is 7.16. The summed E-state index contributed by atoms with van der Waals surface area (Å²) < 4.78 is 10.9. The lowest BCUT2D eigenvalue weighted by Gasteiger charge is -2.25. The number of thiophene rings is 1. The number of ether oxygens (including phenoxy) is 1. The van der Waals surface area contributed by atoms with Crippen LogP contribution in [-0.2, 0) is 15.7 Å². The summed E-state index contributed by atoms with van der Waals surface area (Å²) >= 11 is 1.33. The Morgan fingerprint density at radius 3 is 2.15 bits per heavy atom. The Morgan fingerprint density at radius 2 is 1.60 bits per heavy atom. The average molecular weight is 680 g/mol. The van der Waals surface area contributed by atoms with Gasteiger partial charge in [0.1, 0.15) is 11.3 Å². The lowest BCUT2D eigenvalue weighted by Crippen LogP contribution is -2.39. The van der Waals surface area contributed by atoms with Gasteiger partial charge in [0.2, 0.25) is 10.5 Å². The molecule has 0 aliphatic heterocycles. The van der Waals surface area contributed by atoms with Gasteiger partial charge in [-0.3, -0.25) is 15.1 Å². The molecule has 0 bridgehead atoms. The van der Waals surface area contributed by atoms with Crippen molar-refractivity contribution in [2.24, 2.45) is 11.8 Å². The number of pyridine rings is 1. The first-order valence-electron chi connectivity index (χ1n) is 15.6. The van der Waals surface area contributed by atoms with Crippen LogP contribution in [0.1, 0.15) is 75.7 Å². The highest BCUT2D eigenvalue weighted by atomic mass is 32.1. The van der Waals surface area contributed by atoms with E-state index in [9.17, 15) is 14.4 Å². The van der Waals surface area contributed by atoms with E-state index < -0.39 is 17.6 Å². The largest absolute Gasteiger partial charge is 0.444 e. The number of likely N-dealkylation sites (N-methyl/N-ethyl adjacent to an activating group) is 1. The molecule has 0 saturated carbocycles. The molecule has 3 aromatic rings. The highest BCUT2D eigenvalue weighted by molar-refractivity contribution is 7.09. The summed E-state index contributed by atoms with van der Waals surface area (Å²) in [7, 11) is 7.15. The van der Waals surface area contributed by atoms with Crippen molar-refractivity contribution in [3.63, 3.8) is 0 Å². The van der Waals surface area contributed by atoms with Crippen molar-refractivity contribution in [1.29, 1.82) is 0 Å². The molecule has 1 aromatic carbocycles. The van der Waals surface area contributed by atoms with E-state index in [1.54, 1.807) is 54.8 Å². The molecule has 2 heterocycles. The summed E-state index contributed by atoms with van der Waals surface area (Å²) in [6.07, 6.45) is 1.76. The summed E-state index contributed by atoms with van der Waals surface area (Å²) in [4.78, 5) is 46.6. The molecule has 3 radical (unpaired) electrons. The van der Waals surface area contributed by atoms with Crippen molar-refractivity contribution in [3.8, 4) is 0 Å². The Bertz CT molecular complexity index is 1460. The van der Waals surface area contributed by atoms with Crippen molar-refractivity contribution in [2.45, 2.75) is 66.2 Å². The lowest BCUT2D eigenvalue weighted by atomic mass is 9.90. The summed E-state index contributed by atoms with van der Waals surface area (Å²) in [6, 6.07) is 10.8. The monoisotopic (exact) mass is 679 g/mol. The Kier molecular flexibility index (Phi) is 13.9. The molecule has 4 amide bonds. The normalized spacial score (nSPS) is 12.8. The molecule has 0 aliphatic rings. The molecule has 11 nitrogen and oxygen atoms in total. The van der Waals surface area contributed by atoms with Gasteiger partial charge in [-0.15, -0.1) is 11.3 Å². The number of carbonyl (C=O) groups excluding carboxylic acids is 3.